The number of carboxylic acid groups (broad SMARTS) is 2. The van der Waals surface area contributed by atoms with Crippen molar-refractivity contribution in [1.29, 1.82) is 0 Å². The minimum absolute atomic E-state index is 0. The molecule has 2 heterocycles. The maximum Gasteiger partial charge on any atom is 0.305 e. The molecule has 61 heavy (non-hydrogen) atoms. The predicted molar refractivity (Wildman–Crippen MR) is 237 cm³/mol. The lowest BCUT2D eigenvalue weighted by atomic mass is 9.94. The van der Waals surface area contributed by atoms with Gasteiger partial charge < -0.3 is 20.0 Å². The number of amides is 2. The standard InChI is InChI=1S/2C21H21Cl2NO5S.CH4/c2*1-12(2)24-19(13-6-8-15(22)9-7-13)20(14-4-3-5-16(23)10-14)30(28,29)17(21(24)27)11-18(25)26;/h2*3-10,12,17,19-20H,11H2,1-2H3,(H,25,26);1H4/t17-,19+,20-;17-,19-,20+;/m01./s1. The largest absolute Gasteiger partial charge is 0.481 e. The Hall–Kier alpha value is -4.18. The van der Waals surface area contributed by atoms with Crippen LogP contribution in [0.15, 0.2) is 97.1 Å². The summed E-state index contributed by atoms with van der Waals surface area (Å²) in [5.41, 5.74) is 1.97. The van der Waals surface area contributed by atoms with Crippen molar-refractivity contribution >= 4 is 89.8 Å². The number of halogens is 4. The summed E-state index contributed by atoms with van der Waals surface area (Å²) in [6, 6.07) is 23.6. The van der Waals surface area contributed by atoms with Gasteiger partial charge in [-0.05, 0) is 98.5 Å². The van der Waals surface area contributed by atoms with Crippen LogP contribution in [0.1, 0.15) is 92.8 Å². The van der Waals surface area contributed by atoms with Crippen molar-refractivity contribution in [1.82, 2.24) is 9.80 Å². The fourth-order valence-electron chi connectivity index (χ4n) is 7.87. The summed E-state index contributed by atoms with van der Waals surface area (Å²) in [7, 11) is -8.43. The van der Waals surface area contributed by atoms with Gasteiger partial charge in [0, 0.05) is 32.2 Å². The lowest BCUT2D eigenvalue weighted by molar-refractivity contribution is -0.143. The maximum atomic E-state index is 13.6. The van der Waals surface area contributed by atoms with Gasteiger partial charge in [-0.3, -0.25) is 19.2 Å². The van der Waals surface area contributed by atoms with Gasteiger partial charge in [0.15, 0.2) is 30.2 Å². The molecule has 0 spiro atoms. The van der Waals surface area contributed by atoms with Crippen LogP contribution in [0, 0.1) is 0 Å². The van der Waals surface area contributed by atoms with Crippen LogP contribution < -0.4 is 0 Å². The van der Waals surface area contributed by atoms with Crippen molar-refractivity contribution in [3.63, 3.8) is 0 Å². The van der Waals surface area contributed by atoms with E-state index < -0.39 is 89.4 Å². The van der Waals surface area contributed by atoms with E-state index in [-0.39, 0.29) is 19.5 Å². The zero-order valence-corrected chi connectivity index (χ0v) is 37.3. The lowest BCUT2D eigenvalue weighted by Crippen LogP contribution is -2.57. The number of carbonyl (C=O) groups excluding carboxylic acids is 2. The molecule has 0 aliphatic carbocycles. The Morgan fingerprint density at radius 2 is 0.852 bits per heavy atom. The SMILES string of the molecule is C.CC(C)N1C(=O)[C@@H](CC(=O)O)S(=O)(=O)[C@@H](c2cccc(Cl)c2)[C@H]1c1ccc(Cl)cc1.CC(C)N1C(=O)[C@H](CC(=O)O)S(=O)(=O)[C@@H](c2cccc(Cl)c2)[C@H]1c1ccc(Cl)cc1. The highest BCUT2D eigenvalue weighted by Crippen LogP contribution is 2.49. The third kappa shape index (κ3) is 10.5. The fraction of sp³-hybridized carbons (Fsp3) is 0.349. The average Bonchev–Trinajstić information content (AvgIpc) is 3.15. The first-order valence-corrected chi connectivity index (χ1v) is 23.4. The summed E-state index contributed by atoms with van der Waals surface area (Å²) in [5.74, 6) is -4.14. The van der Waals surface area contributed by atoms with Crippen molar-refractivity contribution in [2.45, 2.75) is 93.1 Å². The summed E-state index contributed by atoms with van der Waals surface area (Å²) in [6.07, 6.45) is -1.59. The normalized spacial score (nSPS) is 23.2. The first kappa shape index (κ1) is 49.5. The minimum atomic E-state index is -4.22. The van der Waals surface area contributed by atoms with Crippen LogP contribution in [0.2, 0.25) is 20.1 Å². The minimum Gasteiger partial charge on any atom is -0.481 e. The molecule has 2 saturated heterocycles. The van der Waals surface area contributed by atoms with Gasteiger partial charge in [0.05, 0.1) is 24.9 Å². The van der Waals surface area contributed by atoms with E-state index >= 15 is 0 Å². The number of benzene rings is 4. The Bertz CT molecular complexity index is 2310. The monoisotopic (exact) mass is 954 g/mol. The predicted octanol–water partition coefficient (Wildman–Crippen LogP) is 9.21. The average molecular weight is 957 g/mol. The molecule has 2 N–H and O–H groups in total. The van der Waals surface area contributed by atoms with E-state index in [1.54, 1.807) is 125 Å². The van der Waals surface area contributed by atoms with E-state index in [1.165, 1.54) is 9.80 Å². The molecule has 4 aromatic carbocycles. The summed E-state index contributed by atoms with van der Waals surface area (Å²) in [4.78, 5) is 52.2. The molecular formula is C43H46Cl4N2O10S2. The lowest BCUT2D eigenvalue weighted by Gasteiger charge is -2.46. The Morgan fingerprint density at radius 3 is 1.11 bits per heavy atom. The number of nitrogens with zero attached hydrogens (tertiary/aromatic N) is 2. The molecule has 0 unspecified atom stereocenters. The third-order valence-corrected chi connectivity index (χ3v) is 16.1. The molecule has 0 saturated carbocycles. The molecule has 4 aromatic rings. The van der Waals surface area contributed by atoms with Crippen molar-refractivity contribution in [3.8, 4) is 0 Å². The quantitative estimate of drug-likeness (QED) is 0.155. The molecule has 6 rings (SSSR count). The molecule has 2 amide bonds. The maximum absolute atomic E-state index is 13.6. The molecule has 2 aliphatic heterocycles. The van der Waals surface area contributed by atoms with Gasteiger partial charge in [-0.25, -0.2) is 16.8 Å². The molecule has 0 aromatic heterocycles. The number of rotatable bonds is 10. The second-order valence-corrected chi connectivity index (χ2v) is 21.2. The molecule has 0 radical (unpaired) electrons. The Morgan fingerprint density at radius 1 is 0.541 bits per heavy atom. The van der Waals surface area contributed by atoms with Crippen LogP contribution in [0.4, 0.5) is 0 Å². The molecule has 12 nitrogen and oxygen atoms in total. The fourth-order valence-corrected chi connectivity index (χ4v) is 13.1. The molecular weight excluding hydrogens is 910 g/mol. The highest BCUT2D eigenvalue weighted by Gasteiger charge is 2.56. The van der Waals surface area contributed by atoms with E-state index in [0.717, 1.165) is 0 Å². The van der Waals surface area contributed by atoms with Crippen molar-refractivity contribution in [2.24, 2.45) is 0 Å². The molecule has 2 aliphatic rings. The van der Waals surface area contributed by atoms with Gasteiger partial charge in [-0.15, -0.1) is 0 Å². The Kier molecular flexibility index (Phi) is 16.1. The van der Waals surface area contributed by atoms with Gasteiger partial charge in [-0.1, -0.05) is 102 Å². The molecule has 0 bridgehead atoms. The topological polar surface area (TPSA) is 183 Å². The van der Waals surface area contributed by atoms with E-state index in [0.29, 0.717) is 42.3 Å². The second kappa shape index (κ2) is 19.9. The zero-order valence-electron chi connectivity index (χ0n) is 32.7. The number of carboxylic acids is 2. The summed E-state index contributed by atoms with van der Waals surface area (Å²) in [5, 5.41) is 14.5. The smallest absolute Gasteiger partial charge is 0.305 e. The van der Waals surface area contributed by atoms with Crippen LogP contribution in [0.5, 0.6) is 0 Å². The summed E-state index contributed by atoms with van der Waals surface area (Å²) < 4.78 is 54.4. The van der Waals surface area contributed by atoms with Gasteiger partial charge in [0.2, 0.25) is 11.8 Å². The highest BCUT2D eigenvalue weighted by atomic mass is 35.5. The first-order chi connectivity index (χ1) is 28.1. The van der Waals surface area contributed by atoms with Crippen molar-refractivity contribution in [2.75, 3.05) is 0 Å². The second-order valence-electron chi connectivity index (χ2n) is 15.0. The van der Waals surface area contributed by atoms with E-state index in [1.807, 2.05) is 0 Å². The number of hydrogen-bond acceptors (Lipinski definition) is 8. The van der Waals surface area contributed by atoms with E-state index in [4.69, 9.17) is 46.4 Å². The number of carbonyl (C=O) groups is 4. The molecule has 2 fully saturated rings. The summed E-state index contributed by atoms with van der Waals surface area (Å²) in [6.45, 7) is 7.08. The Balaban J connectivity index is 0.000000264. The first-order valence-electron chi connectivity index (χ1n) is 18.6. The van der Waals surface area contributed by atoms with Gasteiger partial charge in [0.1, 0.15) is 10.5 Å². The van der Waals surface area contributed by atoms with E-state index in [9.17, 15) is 46.2 Å². The Labute approximate surface area is 376 Å². The van der Waals surface area contributed by atoms with Crippen LogP contribution in [-0.4, -0.2) is 83.2 Å². The number of aliphatic carboxylic acids is 2. The van der Waals surface area contributed by atoms with Gasteiger partial charge in [-0.2, -0.15) is 0 Å². The van der Waals surface area contributed by atoms with Crippen molar-refractivity contribution in [3.05, 3.63) is 139 Å². The van der Waals surface area contributed by atoms with Gasteiger partial charge >= 0.3 is 11.9 Å². The molecule has 18 heteroatoms. The molecule has 6 atom stereocenters. The van der Waals surface area contributed by atoms with Crippen molar-refractivity contribution < 1.29 is 46.2 Å². The van der Waals surface area contributed by atoms with Crippen LogP contribution in [-0.2, 0) is 38.9 Å². The van der Waals surface area contributed by atoms with Gasteiger partial charge in [0.25, 0.3) is 0 Å². The van der Waals surface area contributed by atoms with E-state index in [2.05, 4.69) is 0 Å². The molecule has 328 valence electrons. The highest BCUT2D eigenvalue weighted by molar-refractivity contribution is 7.93. The van der Waals surface area contributed by atoms with Crippen LogP contribution in [0.25, 0.3) is 0 Å². The van der Waals surface area contributed by atoms with Crippen LogP contribution in [0.3, 0.4) is 0 Å². The number of hydrogen-bond donors (Lipinski definition) is 2. The summed E-state index contributed by atoms with van der Waals surface area (Å²) >= 11 is 24.3. The zero-order chi connectivity index (χ0) is 44.4. The van der Waals surface area contributed by atoms with Crippen LogP contribution >= 0.6 is 46.4 Å². The third-order valence-electron chi connectivity index (χ3n) is 10.3. The number of sulfone groups is 2.